The lowest BCUT2D eigenvalue weighted by Crippen LogP contribution is -2.02. The molecule has 120 valence electrons. The number of carboxylic acid groups (broad SMARTS) is 1. The van der Waals surface area contributed by atoms with Crippen molar-refractivity contribution in [3.63, 3.8) is 0 Å². The normalized spacial score (nSPS) is 11.3. The zero-order chi connectivity index (χ0) is 16.8. The quantitative estimate of drug-likeness (QED) is 0.423. The third-order valence-corrected chi connectivity index (χ3v) is 4.89. The topological polar surface area (TPSA) is 46.5 Å². The van der Waals surface area contributed by atoms with Gasteiger partial charge in [-0.15, -0.1) is 11.8 Å². The van der Waals surface area contributed by atoms with Gasteiger partial charge in [0.25, 0.3) is 0 Å². The fourth-order valence-corrected chi connectivity index (χ4v) is 3.79. The van der Waals surface area contributed by atoms with Gasteiger partial charge in [-0.3, -0.25) is 0 Å². The van der Waals surface area contributed by atoms with Gasteiger partial charge in [0.15, 0.2) is 0 Å². The largest absolute Gasteiger partial charge is 0.503 e. The molecule has 0 aromatic heterocycles. The molecule has 0 atom stereocenters. The van der Waals surface area contributed by atoms with E-state index in [-0.39, 0.29) is 5.57 Å². The molecule has 6 heteroatoms. The molecule has 2 aromatic rings. The molecular weight excluding hydrogens is 355 g/mol. The number of hydrogen-bond donors (Lipinski definition) is 1. The van der Waals surface area contributed by atoms with Crippen molar-refractivity contribution in [2.75, 3.05) is 7.11 Å². The van der Waals surface area contributed by atoms with Gasteiger partial charge in [0, 0.05) is 26.3 Å². The summed E-state index contributed by atoms with van der Waals surface area (Å²) in [5, 5.41) is 10.5. The van der Waals surface area contributed by atoms with Crippen LogP contribution in [0, 0.1) is 0 Å². The molecule has 0 saturated heterocycles. The van der Waals surface area contributed by atoms with Crippen LogP contribution in [0.4, 0.5) is 0 Å². The molecule has 0 aliphatic carbocycles. The highest BCUT2D eigenvalue weighted by molar-refractivity contribution is 7.98. The number of aliphatic carboxylic acids is 1. The second-order valence-corrected chi connectivity index (χ2v) is 6.39. The third kappa shape index (κ3) is 4.44. The van der Waals surface area contributed by atoms with Crippen molar-refractivity contribution in [1.82, 2.24) is 0 Å². The van der Waals surface area contributed by atoms with E-state index in [4.69, 9.17) is 27.9 Å². The standard InChI is InChI=1S/C17H14Cl2O3S/c1-22-9-12(17(20)21)11-5-2-3-8-16(11)23-10-13-14(18)6-4-7-15(13)19/h2-9H,10H2,1H3,(H,20,21). The molecule has 2 aromatic carbocycles. The highest BCUT2D eigenvalue weighted by atomic mass is 35.5. The Kier molecular flexibility index (Phi) is 6.39. The summed E-state index contributed by atoms with van der Waals surface area (Å²) in [6.07, 6.45) is 1.23. The van der Waals surface area contributed by atoms with E-state index >= 15 is 0 Å². The van der Waals surface area contributed by atoms with Gasteiger partial charge in [0.05, 0.1) is 13.4 Å². The third-order valence-electron chi connectivity index (χ3n) is 3.08. The van der Waals surface area contributed by atoms with Crippen molar-refractivity contribution >= 4 is 46.5 Å². The van der Waals surface area contributed by atoms with Crippen LogP contribution < -0.4 is 0 Å². The number of ether oxygens (including phenoxy) is 1. The Balaban J connectivity index is 2.31. The molecule has 0 saturated carbocycles. The van der Waals surface area contributed by atoms with E-state index in [0.29, 0.717) is 21.4 Å². The lowest BCUT2D eigenvalue weighted by molar-refractivity contribution is -0.130. The Morgan fingerprint density at radius 2 is 1.83 bits per heavy atom. The first kappa shape index (κ1) is 17.7. The van der Waals surface area contributed by atoms with Gasteiger partial charge < -0.3 is 9.84 Å². The molecular formula is C17H14Cl2O3S. The predicted molar refractivity (Wildman–Crippen MR) is 95.1 cm³/mol. The Bertz CT molecular complexity index is 724. The van der Waals surface area contributed by atoms with Crippen LogP contribution in [0.5, 0.6) is 0 Å². The van der Waals surface area contributed by atoms with Crippen LogP contribution >= 0.6 is 35.0 Å². The van der Waals surface area contributed by atoms with Gasteiger partial charge >= 0.3 is 5.97 Å². The molecule has 0 fully saturated rings. The number of benzene rings is 2. The summed E-state index contributed by atoms with van der Waals surface area (Å²) in [4.78, 5) is 12.2. The average Bonchev–Trinajstić information content (AvgIpc) is 2.52. The second kappa shape index (κ2) is 8.29. The summed E-state index contributed by atoms with van der Waals surface area (Å²) in [6.45, 7) is 0. The lowest BCUT2D eigenvalue weighted by Gasteiger charge is -2.11. The summed E-state index contributed by atoms with van der Waals surface area (Å²) >= 11 is 13.8. The maximum Gasteiger partial charge on any atom is 0.339 e. The van der Waals surface area contributed by atoms with Crippen LogP contribution in [-0.4, -0.2) is 18.2 Å². The van der Waals surface area contributed by atoms with Crippen LogP contribution in [0.1, 0.15) is 11.1 Å². The Morgan fingerprint density at radius 1 is 1.17 bits per heavy atom. The second-order valence-electron chi connectivity index (χ2n) is 4.56. The maximum atomic E-state index is 11.4. The average molecular weight is 369 g/mol. The van der Waals surface area contributed by atoms with E-state index in [1.54, 1.807) is 30.3 Å². The van der Waals surface area contributed by atoms with E-state index in [1.165, 1.54) is 25.1 Å². The molecule has 0 spiro atoms. The molecule has 0 unspecified atom stereocenters. The minimum absolute atomic E-state index is 0.0980. The fourth-order valence-electron chi connectivity index (χ4n) is 1.98. The summed E-state index contributed by atoms with van der Waals surface area (Å²) in [6, 6.07) is 12.6. The Morgan fingerprint density at radius 3 is 2.43 bits per heavy atom. The van der Waals surface area contributed by atoms with Crippen molar-refractivity contribution < 1.29 is 14.6 Å². The summed E-state index contributed by atoms with van der Waals surface area (Å²) in [5.41, 5.74) is 1.51. The molecule has 0 amide bonds. The van der Waals surface area contributed by atoms with Crippen LogP contribution in [0.2, 0.25) is 10.0 Å². The number of carboxylic acids is 1. The summed E-state index contributed by atoms with van der Waals surface area (Å²) in [7, 11) is 1.42. The van der Waals surface area contributed by atoms with Crippen LogP contribution in [0.15, 0.2) is 53.6 Å². The Hall–Kier alpha value is -1.62. The van der Waals surface area contributed by atoms with Gasteiger partial charge in [-0.25, -0.2) is 4.79 Å². The smallest absolute Gasteiger partial charge is 0.339 e. The zero-order valence-electron chi connectivity index (χ0n) is 12.3. The minimum atomic E-state index is -1.05. The van der Waals surface area contributed by atoms with Gasteiger partial charge in [-0.1, -0.05) is 47.5 Å². The number of halogens is 2. The molecule has 1 N–H and O–H groups in total. The van der Waals surface area contributed by atoms with E-state index < -0.39 is 5.97 Å². The predicted octanol–water partition coefficient (Wildman–Crippen LogP) is 5.36. The first-order valence-electron chi connectivity index (χ1n) is 6.66. The van der Waals surface area contributed by atoms with Gasteiger partial charge in [0.2, 0.25) is 0 Å². The molecule has 23 heavy (non-hydrogen) atoms. The Labute approximate surface area is 148 Å². The van der Waals surface area contributed by atoms with Gasteiger partial charge in [0.1, 0.15) is 5.57 Å². The van der Waals surface area contributed by atoms with E-state index in [0.717, 1.165) is 10.5 Å². The zero-order valence-corrected chi connectivity index (χ0v) is 14.6. The van der Waals surface area contributed by atoms with E-state index in [2.05, 4.69) is 0 Å². The van der Waals surface area contributed by atoms with Crippen molar-refractivity contribution in [2.24, 2.45) is 0 Å². The molecule has 0 aliphatic rings. The van der Waals surface area contributed by atoms with E-state index in [9.17, 15) is 9.90 Å². The van der Waals surface area contributed by atoms with Crippen molar-refractivity contribution in [2.45, 2.75) is 10.6 Å². The monoisotopic (exact) mass is 368 g/mol. The van der Waals surface area contributed by atoms with Gasteiger partial charge in [-0.2, -0.15) is 0 Å². The first-order chi connectivity index (χ1) is 11.0. The van der Waals surface area contributed by atoms with Crippen molar-refractivity contribution in [3.8, 4) is 0 Å². The molecule has 3 nitrogen and oxygen atoms in total. The number of methoxy groups -OCH3 is 1. The molecule has 0 bridgehead atoms. The maximum absolute atomic E-state index is 11.4. The van der Waals surface area contributed by atoms with Gasteiger partial charge in [-0.05, 0) is 23.8 Å². The molecule has 0 radical (unpaired) electrons. The highest BCUT2D eigenvalue weighted by Crippen LogP contribution is 2.35. The molecule has 0 aliphatic heterocycles. The van der Waals surface area contributed by atoms with Crippen molar-refractivity contribution in [3.05, 3.63) is 69.9 Å². The minimum Gasteiger partial charge on any atom is -0.503 e. The number of carbonyl (C=O) groups is 1. The number of rotatable bonds is 6. The summed E-state index contributed by atoms with van der Waals surface area (Å²) < 4.78 is 4.88. The van der Waals surface area contributed by atoms with E-state index in [1.807, 2.05) is 12.1 Å². The first-order valence-corrected chi connectivity index (χ1v) is 8.40. The number of hydrogen-bond acceptors (Lipinski definition) is 3. The SMILES string of the molecule is COC=C(C(=O)O)c1ccccc1SCc1c(Cl)cccc1Cl. The van der Waals surface area contributed by atoms with Crippen LogP contribution in [0.3, 0.4) is 0 Å². The molecule has 2 rings (SSSR count). The van der Waals surface area contributed by atoms with Crippen molar-refractivity contribution in [1.29, 1.82) is 0 Å². The molecule has 0 heterocycles. The highest BCUT2D eigenvalue weighted by Gasteiger charge is 2.16. The lowest BCUT2D eigenvalue weighted by atomic mass is 10.1. The fraction of sp³-hybridized carbons (Fsp3) is 0.118. The summed E-state index contributed by atoms with van der Waals surface area (Å²) in [5.74, 6) is -0.509. The number of thioether (sulfide) groups is 1. The van der Waals surface area contributed by atoms with Crippen LogP contribution in [-0.2, 0) is 15.3 Å². The van der Waals surface area contributed by atoms with Crippen LogP contribution in [0.25, 0.3) is 5.57 Å².